The van der Waals surface area contributed by atoms with Gasteiger partial charge in [-0.1, -0.05) is 13.8 Å². The Hall–Kier alpha value is -0.850. The molecule has 1 aliphatic rings. The average molecular weight is 335 g/mol. The second-order valence-corrected chi connectivity index (χ2v) is 5.68. The quantitative estimate of drug-likeness (QED) is 0.699. The second-order valence-electron chi connectivity index (χ2n) is 5.68. The lowest BCUT2D eigenvalue weighted by molar-refractivity contribution is -0.135. The molecule has 0 unspecified atom stereocenters. The number of hydrogen-bond acceptors (Lipinski definition) is 4. The Morgan fingerprint density at radius 2 is 1.59 bits per heavy atom. The number of halogens is 1. The maximum Gasteiger partial charge on any atom is 0.236 e. The number of hydrogen-bond donors (Lipinski definition) is 1. The Balaban J connectivity index is 0.00000441. The molecule has 1 rings (SSSR count). The summed E-state index contributed by atoms with van der Waals surface area (Å²) in [4.78, 5) is 30.0. The number of carbonyl (C=O) groups is 2. The summed E-state index contributed by atoms with van der Waals surface area (Å²) in [5.41, 5.74) is 0. The summed E-state index contributed by atoms with van der Waals surface area (Å²) < 4.78 is 0. The van der Waals surface area contributed by atoms with Gasteiger partial charge in [0.2, 0.25) is 11.8 Å². The van der Waals surface area contributed by atoms with Gasteiger partial charge in [-0.15, -0.1) is 12.4 Å². The highest BCUT2D eigenvalue weighted by molar-refractivity contribution is 5.85. The van der Waals surface area contributed by atoms with Gasteiger partial charge in [0.15, 0.2) is 0 Å². The van der Waals surface area contributed by atoms with Crippen LogP contribution in [-0.2, 0) is 9.59 Å². The lowest BCUT2D eigenvalue weighted by Gasteiger charge is -2.30. The standard InChI is InChI=1S/C15H30N4O2.ClH/c1-4-8-18(9-5-2)14(20)12-17(3)13-15(21)19-10-6-16-7-11-19;/h16H,4-13H2,1-3H3;1H. The molecule has 1 N–H and O–H groups in total. The molecular weight excluding hydrogens is 304 g/mol. The molecule has 1 aliphatic heterocycles. The highest BCUT2D eigenvalue weighted by atomic mass is 35.5. The van der Waals surface area contributed by atoms with Gasteiger partial charge in [0.05, 0.1) is 13.1 Å². The van der Waals surface area contributed by atoms with Gasteiger partial charge in [-0.25, -0.2) is 0 Å². The maximum absolute atomic E-state index is 12.2. The fraction of sp³-hybridized carbons (Fsp3) is 0.867. The molecule has 0 aromatic heterocycles. The highest BCUT2D eigenvalue weighted by Gasteiger charge is 2.20. The third kappa shape index (κ3) is 7.42. The number of amides is 2. The Labute approximate surface area is 140 Å². The van der Waals surface area contributed by atoms with Crippen LogP contribution in [0.4, 0.5) is 0 Å². The average Bonchev–Trinajstić information content (AvgIpc) is 2.47. The minimum absolute atomic E-state index is 0. The van der Waals surface area contributed by atoms with Crippen LogP contribution in [0.1, 0.15) is 26.7 Å². The number of rotatable bonds is 8. The van der Waals surface area contributed by atoms with Gasteiger partial charge in [0.25, 0.3) is 0 Å². The summed E-state index contributed by atoms with van der Waals surface area (Å²) in [6.45, 7) is 9.62. The number of piperazine rings is 1. The van der Waals surface area contributed by atoms with Crippen LogP contribution in [-0.4, -0.2) is 85.9 Å². The summed E-state index contributed by atoms with van der Waals surface area (Å²) in [5, 5.41) is 3.23. The van der Waals surface area contributed by atoms with E-state index in [1.807, 2.05) is 21.7 Å². The molecule has 1 saturated heterocycles. The second kappa shape index (κ2) is 11.7. The monoisotopic (exact) mass is 334 g/mol. The van der Waals surface area contributed by atoms with Gasteiger partial charge in [-0.2, -0.15) is 0 Å². The number of carbonyl (C=O) groups excluding carboxylic acids is 2. The van der Waals surface area contributed by atoms with Crippen LogP contribution in [0.3, 0.4) is 0 Å². The highest BCUT2D eigenvalue weighted by Crippen LogP contribution is 1.99. The van der Waals surface area contributed by atoms with Crippen molar-refractivity contribution in [2.45, 2.75) is 26.7 Å². The summed E-state index contributed by atoms with van der Waals surface area (Å²) in [6.07, 6.45) is 1.93. The van der Waals surface area contributed by atoms with E-state index in [1.54, 1.807) is 0 Å². The van der Waals surface area contributed by atoms with Crippen LogP contribution in [0.25, 0.3) is 0 Å². The van der Waals surface area contributed by atoms with Crippen molar-refractivity contribution in [3.05, 3.63) is 0 Å². The zero-order valence-electron chi connectivity index (χ0n) is 14.1. The Bertz CT molecular complexity index is 330. The van der Waals surface area contributed by atoms with E-state index in [4.69, 9.17) is 0 Å². The lowest BCUT2D eigenvalue weighted by atomic mass is 10.3. The molecule has 1 fully saturated rings. The molecule has 6 nitrogen and oxygen atoms in total. The topological polar surface area (TPSA) is 55.9 Å². The summed E-state index contributed by atoms with van der Waals surface area (Å²) in [7, 11) is 1.84. The third-order valence-corrected chi connectivity index (χ3v) is 3.62. The first-order valence-corrected chi connectivity index (χ1v) is 8.03. The molecule has 1 heterocycles. The van der Waals surface area contributed by atoms with Crippen LogP contribution in [0.15, 0.2) is 0 Å². The molecule has 2 amide bonds. The van der Waals surface area contributed by atoms with Crippen molar-refractivity contribution in [3.8, 4) is 0 Å². The summed E-state index contributed by atoms with van der Waals surface area (Å²) in [6, 6.07) is 0. The Morgan fingerprint density at radius 1 is 1.05 bits per heavy atom. The Morgan fingerprint density at radius 3 is 2.09 bits per heavy atom. The fourth-order valence-corrected chi connectivity index (χ4v) is 2.53. The largest absolute Gasteiger partial charge is 0.342 e. The van der Waals surface area contributed by atoms with E-state index in [-0.39, 0.29) is 24.2 Å². The smallest absolute Gasteiger partial charge is 0.236 e. The third-order valence-electron chi connectivity index (χ3n) is 3.62. The van der Waals surface area contributed by atoms with Gasteiger partial charge in [0.1, 0.15) is 0 Å². The van der Waals surface area contributed by atoms with Crippen LogP contribution in [0, 0.1) is 0 Å². The van der Waals surface area contributed by atoms with E-state index in [1.165, 1.54) is 0 Å². The minimum atomic E-state index is 0. The summed E-state index contributed by atoms with van der Waals surface area (Å²) in [5.74, 6) is 0.235. The Kier molecular flexibility index (Phi) is 11.2. The van der Waals surface area contributed by atoms with Gasteiger partial charge in [0, 0.05) is 39.3 Å². The number of nitrogens with one attached hydrogen (secondary N) is 1. The molecule has 130 valence electrons. The zero-order chi connectivity index (χ0) is 15.7. The van der Waals surface area contributed by atoms with Gasteiger partial charge in [-0.3, -0.25) is 14.5 Å². The van der Waals surface area contributed by atoms with Crippen LogP contribution < -0.4 is 5.32 Å². The van der Waals surface area contributed by atoms with E-state index in [2.05, 4.69) is 19.2 Å². The van der Waals surface area contributed by atoms with E-state index in [9.17, 15) is 9.59 Å². The van der Waals surface area contributed by atoms with Crippen molar-refractivity contribution in [2.24, 2.45) is 0 Å². The first-order chi connectivity index (χ1) is 10.1. The van der Waals surface area contributed by atoms with Crippen molar-refractivity contribution in [2.75, 3.05) is 59.4 Å². The first kappa shape index (κ1) is 21.1. The minimum Gasteiger partial charge on any atom is -0.342 e. The molecule has 0 spiro atoms. The molecule has 0 aromatic carbocycles. The molecule has 0 aromatic rings. The van der Waals surface area contributed by atoms with Crippen molar-refractivity contribution < 1.29 is 9.59 Å². The van der Waals surface area contributed by atoms with Crippen LogP contribution in [0.2, 0.25) is 0 Å². The van der Waals surface area contributed by atoms with Crippen LogP contribution in [0.5, 0.6) is 0 Å². The summed E-state index contributed by atoms with van der Waals surface area (Å²) >= 11 is 0. The molecule has 7 heteroatoms. The molecule has 0 radical (unpaired) electrons. The van der Waals surface area contributed by atoms with Crippen molar-refractivity contribution >= 4 is 24.2 Å². The van der Waals surface area contributed by atoms with Crippen molar-refractivity contribution in [1.29, 1.82) is 0 Å². The first-order valence-electron chi connectivity index (χ1n) is 8.03. The van der Waals surface area contributed by atoms with E-state index in [0.717, 1.165) is 52.1 Å². The lowest BCUT2D eigenvalue weighted by Crippen LogP contribution is -2.50. The van der Waals surface area contributed by atoms with Crippen LogP contribution >= 0.6 is 12.4 Å². The normalized spacial score (nSPS) is 14.6. The van der Waals surface area contributed by atoms with E-state index in [0.29, 0.717) is 13.1 Å². The van der Waals surface area contributed by atoms with Gasteiger partial charge in [-0.05, 0) is 19.9 Å². The maximum atomic E-state index is 12.2. The number of likely N-dealkylation sites (N-methyl/N-ethyl adjacent to an activating group) is 1. The van der Waals surface area contributed by atoms with E-state index < -0.39 is 0 Å². The van der Waals surface area contributed by atoms with E-state index >= 15 is 0 Å². The molecule has 0 aliphatic carbocycles. The number of nitrogens with zero attached hydrogens (tertiary/aromatic N) is 3. The van der Waals surface area contributed by atoms with Crippen molar-refractivity contribution in [3.63, 3.8) is 0 Å². The predicted molar refractivity (Wildman–Crippen MR) is 91.4 cm³/mol. The molecule has 22 heavy (non-hydrogen) atoms. The van der Waals surface area contributed by atoms with Gasteiger partial charge >= 0.3 is 0 Å². The van der Waals surface area contributed by atoms with Crippen molar-refractivity contribution in [1.82, 2.24) is 20.0 Å². The predicted octanol–water partition coefficient (Wildman–Crippen LogP) is 0.420. The van der Waals surface area contributed by atoms with Gasteiger partial charge < -0.3 is 15.1 Å². The SMILES string of the molecule is CCCN(CCC)C(=O)CN(C)CC(=O)N1CCNCC1.Cl. The molecular formula is C15H31ClN4O2. The fourth-order valence-electron chi connectivity index (χ4n) is 2.53. The molecule has 0 atom stereocenters. The zero-order valence-corrected chi connectivity index (χ0v) is 15.0. The molecule has 0 bridgehead atoms. The molecule has 0 saturated carbocycles.